The van der Waals surface area contributed by atoms with Crippen molar-refractivity contribution < 1.29 is 13.2 Å². The molecule has 4 aromatic rings. The number of carbonyl (C=O) groups excluding carboxylic acids is 1. The van der Waals surface area contributed by atoms with Crippen molar-refractivity contribution in [3.63, 3.8) is 0 Å². The van der Waals surface area contributed by atoms with Gasteiger partial charge in [0.1, 0.15) is 6.54 Å². The van der Waals surface area contributed by atoms with Crippen LogP contribution in [0, 0.1) is 0 Å². The fourth-order valence-corrected chi connectivity index (χ4v) is 5.86. The number of fused-ring (bicyclic) bond motifs is 1. The summed E-state index contributed by atoms with van der Waals surface area (Å²) in [4.78, 5) is 24.7. The van der Waals surface area contributed by atoms with Gasteiger partial charge in [0.2, 0.25) is 5.91 Å². The molecule has 0 fully saturated rings. The van der Waals surface area contributed by atoms with Crippen LogP contribution in [0.1, 0.15) is 0 Å². The Bertz CT molecular complexity index is 1520. The average Bonchev–Trinajstić information content (AvgIpc) is 3.07. The molecule has 0 atom stereocenters. The van der Waals surface area contributed by atoms with Crippen molar-refractivity contribution in [1.29, 1.82) is 0 Å². The molecule has 0 bridgehead atoms. The third-order valence-corrected chi connectivity index (χ3v) is 8.41. The van der Waals surface area contributed by atoms with Gasteiger partial charge in [-0.3, -0.25) is 13.9 Å². The Morgan fingerprint density at radius 3 is 2.45 bits per heavy atom. The second-order valence-corrected chi connectivity index (χ2v) is 10.8. The topological polar surface area (TPSA) is 88.5 Å². The predicted octanol–water partition coefficient (Wildman–Crippen LogP) is 4.74. The Kier molecular flexibility index (Phi) is 6.49. The van der Waals surface area contributed by atoms with Gasteiger partial charge in [-0.1, -0.05) is 52.7 Å². The second kappa shape index (κ2) is 9.18. The molecule has 0 aliphatic rings. The lowest BCUT2D eigenvalue weighted by molar-refractivity contribution is -0.114. The highest BCUT2D eigenvalue weighted by molar-refractivity contribution is 7.92. The number of nitrogens with zero attached hydrogens (tertiary/aromatic N) is 2. The van der Waals surface area contributed by atoms with E-state index in [1.54, 1.807) is 43.4 Å². The molecular formula is C22H17Cl2N3O4S2. The van der Waals surface area contributed by atoms with Crippen LogP contribution in [0.3, 0.4) is 0 Å². The summed E-state index contributed by atoms with van der Waals surface area (Å²) in [5.41, 5.74) is 1.38. The monoisotopic (exact) mass is 521 g/mol. The van der Waals surface area contributed by atoms with Crippen LogP contribution in [0.25, 0.3) is 10.2 Å². The molecule has 0 saturated carbocycles. The van der Waals surface area contributed by atoms with Crippen LogP contribution in [0.5, 0.6) is 0 Å². The fraction of sp³-hybridized carbons (Fsp3) is 0.0909. The lowest BCUT2D eigenvalue weighted by Crippen LogP contribution is -2.38. The number of hydrogen-bond donors (Lipinski definition) is 1. The number of aromatic nitrogens is 1. The molecule has 0 radical (unpaired) electrons. The maximum Gasteiger partial charge on any atom is 0.307 e. The number of carbonyl (C=O) groups is 1. The Morgan fingerprint density at radius 2 is 1.76 bits per heavy atom. The first-order valence-corrected chi connectivity index (χ1v) is 12.6. The highest BCUT2D eigenvalue weighted by Crippen LogP contribution is 2.30. The van der Waals surface area contributed by atoms with E-state index in [-0.39, 0.29) is 25.5 Å². The first-order valence-electron chi connectivity index (χ1n) is 9.59. The van der Waals surface area contributed by atoms with Crippen LogP contribution < -0.4 is 14.5 Å². The largest absolute Gasteiger partial charge is 0.324 e. The average molecular weight is 522 g/mol. The summed E-state index contributed by atoms with van der Waals surface area (Å²) < 4.78 is 29.9. The molecule has 1 amide bonds. The van der Waals surface area contributed by atoms with Gasteiger partial charge in [0.25, 0.3) is 10.0 Å². The smallest absolute Gasteiger partial charge is 0.307 e. The minimum absolute atomic E-state index is 0.0272. The number of aryl methyl sites for hydroxylation is 1. The van der Waals surface area contributed by atoms with E-state index >= 15 is 0 Å². The maximum atomic E-state index is 13.4. The van der Waals surface area contributed by atoms with Gasteiger partial charge in [0.15, 0.2) is 0 Å². The van der Waals surface area contributed by atoms with Gasteiger partial charge in [-0.05, 0) is 48.5 Å². The lowest BCUT2D eigenvalue weighted by atomic mass is 10.3. The SMILES string of the molecule is Cn1c(=O)sc2cc(NC(=O)CN(c3ccc(Cl)c(Cl)c3)S(=O)(=O)c3ccccc3)ccc21. The van der Waals surface area contributed by atoms with Crippen molar-refractivity contribution >= 4 is 72.1 Å². The van der Waals surface area contributed by atoms with E-state index in [4.69, 9.17) is 23.2 Å². The quantitative estimate of drug-likeness (QED) is 0.396. The van der Waals surface area contributed by atoms with Gasteiger partial charge >= 0.3 is 4.87 Å². The molecule has 3 aromatic carbocycles. The molecule has 170 valence electrons. The van der Waals surface area contributed by atoms with Gasteiger partial charge in [0.05, 0.1) is 30.8 Å². The van der Waals surface area contributed by atoms with Crippen molar-refractivity contribution in [2.45, 2.75) is 4.90 Å². The summed E-state index contributed by atoms with van der Waals surface area (Å²) in [6, 6.07) is 17.2. The van der Waals surface area contributed by atoms with Crippen LogP contribution in [0.15, 0.2) is 76.4 Å². The molecule has 0 unspecified atom stereocenters. The van der Waals surface area contributed by atoms with Gasteiger partial charge in [-0.2, -0.15) is 0 Å². The van der Waals surface area contributed by atoms with Gasteiger partial charge in [-0.15, -0.1) is 0 Å². The molecule has 1 heterocycles. The number of sulfonamides is 1. The minimum Gasteiger partial charge on any atom is -0.324 e. The summed E-state index contributed by atoms with van der Waals surface area (Å²) in [6.07, 6.45) is 0. The van der Waals surface area contributed by atoms with E-state index in [9.17, 15) is 18.0 Å². The minimum atomic E-state index is -4.08. The number of thiazole rings is 1. The van der Waals surface area contributed by atoms with E-state index < -0.39 is 22.5 Å². The Labute approximate surface area is 203 Å². The van der Waals surface area contributed by atoms with Crippen LogP contribution in [0.4, 0.5) is 11.4 Å². The summed E-state index contributed by atoms with van der Waals surface area (Å²) in [5.74, 6) is -0.566. The number of halogens is 2. The normalized spacial score (nSPS) is 11.5. The summed E-state index contributed by atoms with van der Waals surface area (Å²) in [6.45, 7) is -0.502. The highest BCUT2D eigenvalue weighted by atomic mass is 35.5. The zero-order valence-corrected chi connectivity index (χ0v) is 20.3. The van der Waals surface area contributed by atoms with Crippen molar-refractivity contribution in [2.24, 2.45) is 7.05 Å². The van der Waals surface area contributed by atoms with Gasteiger partial charge in [-0.25, -0.2) is 8.42 Å². The van der Waals surface area contributed by atoms with Crippen molar-refractivity contribution in [3.8, 4) is 0 Å². The third-order valence-electron chi connectivity index (χ3n) is 4.89. The number of hydrogen-bond acceptors (Lipinski definition) is 5. The number of nitrogens with one attached hydrogen (secondary N) is 1. The molecule has 33 heavy (non-hydrogen) atoms. The zero-order chi connectivity index (χ0) is 23.8. The van der Waals surface area contributed by atoms with Gasteiger partial charge in [0, 0.05) is 12.7 Å². The molecular weight excluding hydrogens is 505 g/mol. The van der Waals surface area contributed by atoms with Gasteiger partial charge < -0.3 is 9.88 Å². The van der Waals surface area contributed by atoms with E-state index in [0.717, 1.165) is 21.2 Å². The zero-order valence-electron chi connectivity index (χ0n) is 17.2. The Balaban J connectivity index is 1.66. The summed E-state index contributed by atoms with van der Waals surface area (Å²) >= 11 is 13.2. The van der Waals surface area contributed by atoms with E-state index in [0.29, 0.717) is 10.4 Å². The molecule has 0 spiro atoms. The molecule has 7 nitrogen and oxygen atoms in total. The van der Waals surface area contributed by atoms with Crippen LogP contribution >= 0.6 is 34.5 Å². The summed E-state index contributed by atoms with van der Waals surface area (Å²) in [7, 11) is -2.41. The maximum absolute atomic E-state index is 13.4. The molecule has 0 aliphatic carbocycles. The second-order valence-electron chi connectivity index (χ2n) is 7.08. The van der Waals surface area contributed by atoms with E-state index in [2.05, 4.69) is 5.32 Å². The molecule has 1 N–H and O–H groups in total. The van der Waals surface area contributed by atoms with Crippen molar-refractivity contribution in [2.75, 3.05) is 16.2 Å². The Morgan fingerprint density at radius 1 is 1.03 bits per heavy atom. The lowest BCUT2D eigenvalue weighted by Gasteiger charge is -2.24. The summed E-state index contributed by atoms with van der Waals surface area (Å²) in [5, 5.41) is 3.12. The third kappa shape index (κ3) is 4.77. The molecule has 0 aliphatic heterocycles. The highest BCUT2D eigenvalue weighted by Gasteiger charge is 2.27. The molecule has 1 aromatic heterocycles. The molecule has 11 heteroatoms. The van der Waals surface area contributed by atoms with Crippen molar-refractivity contribution in [1.82, 2.24) is 4.57 Å². The van der Waals surface area contributed by atoms with E-state index in [1.165, 1.54) is 34.9 Å². The van der Waals surface area contributed by atoms with E-state index in [1.807, 2.05) is 0 Å². The fourth-order valence-electron chi connectivity index (χ4n) is 3.22. The van der Waals surface area contributed by atoms with Crippen molar-refractivity contribution in [3.05, 3.63) is 86.4 Å². The first-order chi connectivity index (χ1) is 15.7. The number of amides is 1. The van der Waals surface area contributed by atoms with Crippen LogP contribution in [0.2, 0.25) is 10.0 Å². The molecule has 0 saturated heterocycles. The van der Waals surface area contributed by atoms with Crippen LogP contribution in [-0.2, 0) is 21.9 Å². The molecule has 4 rings (SSSR count). The number of anilines is 2. The first kappa shape index (κ1) is 23.3. The predicted molar refractivity (Wildman–Crippen MR) is 133 cm³/mol. The Hall–Kier alpha value is -2.85. The standard InChI is InChI=1S/C22H17Cl2N3O4S2/c1-26-19-10-7-14(11-20(19)32-22(26)29)25-21(28)13-27(15-8-9-17(23)18(24)12-15)33(30,31)16-5-3-2-4-6-16/h2-12H,13H2,1H3,(H,25,28). The number of rotatable bonds is 6. The number of benzene rings is 3. The van der Waals surface area contributed by atoms with Crippen LogP contribution in [-0.4, -0.2) is 25.4 Å².